The van der Waals surface area contributed by atoms with Crippen LogP contribution in [0.4, 0.5) is 13.2 Å². The molecule has 0 bridgehead atoms. The summed E-state index contributed by atoms with van der Waals surface area (Å²) in [6.45, 7) is 0. The first-order valence-electron chi connectivity index (χ1n) is 5.03. The third kappa shape index (κ3) is 2.26. The molecule has 0 unspecified atom stereocenters. The van der Waals surface area contributed by atoms with E-state index in [1.165, 1.54) is 6.07 Å². The van der Waals surface area contributed by atoms with E-state index in [0.29, 0.717) is 4.90 Å². The fraction of sp³-hybridized carbons (Fsp3) is 0.364. The molecule has 1 aliphatic carbocycles. The van der Waals surface area contributed by atoms with Gasteiger partial charge in [0.15, 0.2) is 0 Å². The highest BCUT2D eigenvalue weighted by Crippen LogP contribution is 2.49. The van der Waals surface area contributed by atoms with Crippen LogP contribution < -0.4 is 5.32 Å². The number of halogens is 3. The van der Waals surface area contributed by atoms with Crippen molar-refractivity contribution in [3.63, 3.8) is 0 Å². The Hall–Kier alpha value is -1.17. The van der Waals surface area contributed by atoms with E-state index >= 15 is 0 Å². The molecular weight excluding hydrogens is 251 g/mol. The molecule has 0 aromatic heterocycles. The smallest absolute Gasteiger partial charge is 0.338 e. The molecule has 1 aromatic rings. The summed E-state index contributed by atoms with van der Waals surface area (Å²) < 4.78 is 37.9. The van der Waals surface area contributed by atoms with Crippen molar-refractivity contribution in [1.29, 1.82) is 0 Å². The Bertz CT molecular complexity index is 454. The molecule has 0 saturated heterocycles. The lowest BCUT2D eigenvalue weighted by Gasteiger charge is -2.21. The van der Waals surface area contributed by atoms with Gasteiger partial charge in [-0.25, -0.2) is 0 Å². The summed E-state index contributed by atoms with van der Waals surface area (Å²) in [7, 11) is 0. The molecule has 6 heteroatoms. The van der Waals surface area contributed by atoms with E-state index in [4.69, 9.17) is 0 Å². The topological polar surface area (TPSA) is 29.1 Å². The minimum Gasteiger partial charge on any atom is -0.338 e. The molecule has 1 aromatic carbocycles. The van der Waals surface area contributed by atoms with Gasteiger partial charge in [-0.15, -0.1) is 12.6 Å². The first-order chi connectivity index (χ1) is 7.86. The van der Waals surface area contributed by atoms with Gasteiger partial charge in [-0.1, -0.05) is 12.1 Å². The number of thiol groups is 1. The van der Waals surface area contributed by atoms with Gasteiger partial charge in [0.25, 0.3) is 5.91 Å². The van der Waals surface area contributed by atoms with Crippen molar-refractivity contribution < 1.29 is 18.0 Å². The van der Waals surface area contributed by atoms with Gasteiger partial charge in [0.1, 0.15) is 5.54 Å². The van der Waals surface area contributed by atoms with Gasteiger partial charge in [-0.05, 0) is 25.0 Å². The Morgan fingerprint density at radius 3 is 2.35 bits per heavy atom. The number of benzene rings is 1. The molecule has 0 atom stereocenters. The van der Waals surface area contributed by atoms with Gasteiger partial charge in [-0.2, -0.15) is 13.2 Å². The van der Waals surface area contributed by atoms with Crippen LogP contribution in [0.2, 0.25) is 0 Å². The summed E-state index contributed by atoms with van der Waals surface area (Å²) >= 11 is 4.04. The summed E-state index contributed by atoms with van der Waals surface area (Å²) in [4.78, 5) is 12.1. The molecule has 1 fully saturated rings. The summed E-state index contributed by atoms with van der Waals surface area (Å²) in [5.74, 6) is -0.731. The predicted molar refractivity (Wildman–Crippen MR) is 59.2 cm³/mol. The Balaban J connectivity index is 2.16. The Morgan fingerprint density at radius 1 is 1.29 bits per heavy atom. The largest absolute Gasteiger partial charge is 0.411 e. The van der Waals surface area contributed by atoms with Gasteiger partial charge in [-0.3, -0.25) is 4.79 Å². The summed E-state index contributed by atoms with van der Waals surface area (Å²) in [5.41, 5.74) is -1.87. The van der Waals surface area contributed by atoms with E-state index in [2.05, 4.69) is 17.9 Å². The number of hydrogen-bond acceptors (Lipinski definition) is 2. The zero-order valence-corrected chi connectivity index (χ0v) is 9.61. The average molecular weight is 261 g/mol. The number of alkyl halides is 3. The zero-order valence-electron chi connectivity index (χ0n) is 8.71. The van der Waals surface area contributed by atoms with Gasteiger partial charge < -0.3 is 5.32 Å². The quantitative estimate of drug-likeness (QED) is 0.787. The molecule has 1 aliphatic rings. The SMILES string of the molecule is O=C(NC1(C(F)(F)F)CC1)c1ccccc1S. The van der Waals surface area contributed by atoms with Crippen LogP contribution in [0.1, 0.15) is 23.2 Å². The average Bonchev–Trinajstić information content (AvgIpc) is 2.98. The van der Waals surface area contributed by atoms with E-state index in [-0.39, 0.29) is 18.4 Å². The molecular formula is C11H10F3NOS. The highest BCUT2D eigenvalue weighted by atomic mass is 32.1. The maximum Gasteiger partial charge on any atom is 0.411 e. The summed E-state index contributed by atoms with van der Waals surface area (Å²) in [5, 5.41) is 2.05. The Morgan fingerprint density at radius 2 is 1.88 bits per heavy atom. The van der Waals surface area contributed by atoms with Crippen LogP contribution in [0.3, 0.4) is 0 Å². The second kappa shape index (κ2) is 3.94. The molecule has 17 heavy (non-hydrogen) atoms. The van der Waals surface area contributed by atoms with Crippen molar-refractivity contribution in [2.45, 2.75) is 29.5 Å². The van der Waals surface area contributed by atoms with Crippen molar-refractivity contribution in [2.75, 3.05) is 0 Å². The van der Waals surface area contributed by atoms with Crippen molar-refractivity contribution in [1.82, 2.24) is 5.32 Å². The fourth-order valence-electron chi connectivity index (χ4n) is 1.55. The molecule has 0 spiro atoms. The monoisotopic (exact) mass is 261 g/mol. The van der Waals surface area contributed by atoms with Crippen LogP contribution in [-0.4, -0.2) is 17.6 Å². The molecule has 0 radical (unpaired) electrons. The van der Waals surface area contributed by atoms with Gasteiger partial charge >= 0.3 is 6.18 Å². The lowest BCUT2D eigenvalue weighted by atomic mass is 10.1. The van der Waals surface area contributed by atoms with Crippen molar-refractivity contribution >= 4 is 18.5 Å². The second-order valence-corrected chi connectivity index (χ2v) is 4.53. The Labute approximate surface area is 102 Å². The zero-order chi connectivity index (χ0) is 12.7. The number of rotatable bonds is 2. The van der Waals surface area contributed by atoms with Crippen LogP contribution >= 0.6 is 12.6 Å². The molecule has 1 N–H and O–H groups in total. The molecule has 2 nitrogen and oxygen atoms in total. The van der Waals surface area contributed by atoms with Gasteiger partial charge in [0.05, 0.1) is 5.56 Å². The lowest BCUT2D eigenvalue weighted by molar-refractivity contribution is -0.163. The van der Waals surface area contributed by atoms with Crippen LogP contribution in [0.15, 0.2) is 29.2 Å². The number of amides is 1. The van der Waals surface area contributed by atoms with Crippen LogP contribution in [0.25, 0.3) is 0 Å². The second-order valence-electron chi connectivity index (χ2n) is 4.05. The first kappa shape index (κ1) is 12.3. The molecule has 0 heterocycles. The van der Waals surface area contributed by atoms with Crippen LogP contribution in [0.5, 0.6) is 0 Å². The van der Waals surface area contributed by atoms with E-state index in [0.717, 1.165) is 0 Å². The summed E-state index contributed by atoms with van der Waals surface area (Å²) in [6.07, 6.45) is -4.51. The van der Waals surface area contributed by atoms with E-state index in [9.17, 15) is 18.0 Å². The Kier molecular flexibility index (Phi) is 2.85. The normalized spacial score (nSPS) is 17.6. The first-order valence-corrected chi connectivity index (χ1v) is 5.48. The third-order valence-electron chi connectivity index (χ3n) is 2.79. The maximum atomic E-state index is 12.6. The number of carbonyl (C=O) groups is 1. The van der Waals surface area contributed by atoms with E-state index < -0.39 is 17.6 Å². The van der Waals surface area contributed by atoms with Crippen LogP contribution in [0, 0.1) is 0 Å². The highest BCUT2D eigenvalue weighted by molar-refractivity contribution is 7.80. The molecule has 92 valence electrons. The number of nitrogens with one attached hydrogen (secondary N) is 1. The maximum absolute atomic E-state index is 12.6. The van der Waals surface area contributed by atoms with Crippen molar-refractivity contribution in [2.24, 2.45) is 0 Å². The van der Waals surface area contributed by atoms with Crippen molar-refractivity contribution in [3.8, 4) is 0 Å². The molecule has 1 saturated carbocycles. The minimum absolute atomic E-state index is 0.0586. The highest BCUT2D eigenvalue weighted by Gasteiger charge is 2.64. The number of carbonyl (C=O) groups excluding carboxylic acids is 1. The van der Waals surface area contributed by atoms with Crippen LogP contribution in [-0.2, 0) is 0 Å². The van der Waals surface area contributed by atoms with E-state index in [1.807, 2.05) is 0 Å². The molecule has 0 aliphatic heterocycles. The standard InChI is InChI=1S/C11H10F3NOS/c12-11(13,14)10(5-6-10)15-9(16)7-3-1-2-4-8(7)17/h1-4,17H,5-6H2,(H,15,16). The molecule has 1 amide bonds. The lowest BCUT2D eigenvalue weighted by Crippen LogP contribution is -2.47. The third-order valence-corrected chi connectivity index (χ3v) is 3.18. The van der Waals surface area contributed by atoms with Crippen molar-refractivity contribution in [3.05, 3.63) is 29.8 Å². The fourth-order valence-corrected chi connectivity index (χ4v) is 1.82. The predicted octanol–water partition coefficient (Wildman–Crippen LogP) is 2.80. The minimum atomic E-state index is -4.39. The summed E-state index contributed by atoms with van der Waals surface area (Å²) in [6, 6.07) is 6.26. The van der Waals surface area contributed by atoms with E-state index in [1.54, 1.807) is 18.2 Å². The van der Waals surface area contributed by atoms with Gasteiger partial charge in [0, 0.05) is 4.90 Å². The van der Waals surface area contributed by atoms with Gasteiger partial charge in [0.2, 0.25) is 0 Å². The molecule has 2 rings (SSSR count). The number of hydrogen-bond donors (Lipinski definition) is 2.